The average molecular weight is 407 g/mol. The summed E-state index contributed by atoms with van der Waals surface area (Å²) in [5.41, 5.74) is 3.19. The van der Waals surface area contributed by atoms with Crippen molar-refractivity contribution in [2.24, 2.45) is 0 Å². The molecule has 0 bridgehead atoms. The average Bonchev–Trinajstić information content (AvgIpc) is 2.63. The van der Waals surface area contributed by atoms with Crippen molar-refractivity contribution in [3.63, 3.8) is 0 Å². The summed E-state index contributed by atoms with van der Waals surface area (Å²) in [5.74, 6) is 0.128. The van der Waals surface area contributed by atoms with Crippen molar-refractivity contribution in [2.45, 2.75) is 32.1 Å². The van der Waals surface area contributed by atoms with Crippen molar-refractivity contribution in [3.05, 3.63) is 53.1 Å². The van der Waals surface area contributed by atoms with Gasteiger partial charge >= 0.3 is 0 Å². The van der Waals surface area contributed by atoms with Crippen LogP contribution in [0.4, 0.5) is 5.69 Å². The number of sulfonamides is 1. The highest BCUT2D eigenvalue weighted by atomic mass is 32.2. The number of rotatable bonds is 9. The molecule has 8 heteroatoms. The Morgan fingerprint density at radius 2 is 1.79 bits per heavy atom. The lowest BCUT2D eigenvalue weighted by Gasteiger charge is -2.13. The first kappa shape index (κ1) is 21.7. The van der Waals surface area contributed by atoms with Gasteiger partial charge in [0.2, 0.25) is 0 Å². The molecule has 0 atom stereocenters. The summed E-state index contributed by atoms with van der Waals surface area (Å²) in [6, 6.07) is 9.84. The van der Waals surface area contributed by atoms with Crippen molar-refractivity contribution >= 4 is 21.6 Å². The third-order valence-electron chi connectivity index (χ3n) is 4.23. The number of aryl methyl sites for hydroxylation is 3. The van der Waals surface area contributed by atoms with Gasteiger partial charge in [0.1, 0.15) is 5.75 Å². The van der Waals surface area contributed by atoms with Gasteiger partial charge in [0.25, 0.3) is 15.9 Å². The lowest BCUT2D eigenvalue weighted by molar-refractivity contribution is -0.123. The maximum Gasteiger partial charge on any atom is 0.261 e. The van der Waals surface area contributed by atoms with E-state index in [4.69, 9.17) is 9.84 Å². The van der Waals surface area contributed by atoms with Gasteiger partial charge in [-0.3, -0.25) is 9.52 Å². The molecule has 1 amide bonds. The third-order valence-corrected chi connectivity index (χ3v) is 5.61. The molecule has 0 aromatic heterocycles. The fourth-order valence-electron chi connectivity index (χ4n) is 2.47. The Hall–Kier alpha value is -2.58. The molecule has 0 unspecified atom stereocenters. The van der Waals surface area contributed by atoms with E-state index in [0.29, 0.717) is 30.0 Å². The van der Waals surface area contributed by atoms with Crippen LogP contribution in [-0.2, 0) is 14.8 Å². The van der Waals surface area contributed by atoms with E-state index in [1.807, 2.05) is 19.9 Å². The molecule has 0 aliphatic heterocycles. The van der Waals surface area contributed by atoms with E-state index in [-0.39, 0.29) is 24.0 Å². The van der Waals surface area contributed by atoms with Crippen LogP contribution in [0.15, 0.2) is 41.3 Å². The molecule has 0 aliphatic carbocycles. The van der Waals surface area contributed by atoms with E-state index >= 15 is 0 Å². The minimum Gasteiger partial charge on any atom is -0.484 e. The van der Waals surface area contributed by atoms with Crippen LogP contribution >= 0.6 is 0 Å². The molecule has 7 nitrogen and oxygen atoms in total. The largest absolute Gasteiger partial charge is 0.484 e. The van der Waals surface area contributed by atoms with Gasteiger partial charge in [0.15, 0.2) is 6.61 Å². The van der Waals surface area contributed by atoms with Crippen LogP contribution < -0.4 is 14.8 Å². The Kier molecular flexibility index (Phi) is 7.42. The van der Waals surface area contributed by atoms with Crippen molar-refractivity contribution in [1.82, 2.24) is 5.32 Å². The van der Waals surface area contributed by atoms with Gasteiger partial charge in [-0.25, -0.2) is 8.42 Å². The van der Waals surface area contributed by atoms with E-state index in [1.165, 1.54) is 18.2 Å². The third kappa shape index (κ3) is 5.97. The van der Waals surface area contributed by atoms with Crippen molar-refractivity contribution in [3.8, 4) is 5.75 Å². The van der Waals surface area contributed by atoms with Crippen LogP contribution in [0.2, 0.25) is 0 Å². The van der Waals surface area contributed by atoms with E-state index in [9.17, 15) is 13.2 Å². The summed E-state index contributed by atoms with van der Waals surface area (Å²) in [6.45, 7) is 5.80. The van der Waals surface area contributed by atoms with Crippen LogP contribution in [0.3, 0.4) is 0 Å². The maximum absolute atomic E-state index is 12.6. The predicted molar refractivity (Wildman–Crippen MR) is 108 cm³/mol. The number of hydrogen-bond donors (Lipinski definition) is 3. The highest BCUT2D eigenvalue weighted by molar-refractivity contribution is 7.92. The molecule has 0 saturated carbocycles. The zero-order valence-electron chi connectivity index (χ0n) is 16.3. The van der Waals surface area contributed by atoms with Gasteiger partial charge in [-0.1, -0.05) is 6.07 Å². The van der Waals surface area contributed by atoms with Crippen LogP contribution in [0.5, 0.6) is 5.75 Å². The number of nitrogens with one attached hydrogen (secondary N) is 2. The van der Waals surface area contributed by atoms with Gasteiger partial charge in [0.05, 0.1) is 4.90 Å². The SMILES string of the molecule is Cc1ccc(NS(=O)(=O)c2ccc(OCC(=O)NCCCO)c(C)c2)cc1C. The predicted octanol–water partition coefficient (Wildman–Crippen LogP) is 2.29. The van der Waals surface area contributed by atoms with Gasteiger partial charge in [-0.05, 0) is 74.2 Å². The second kappa shape index (κ2) is 9.57. The van der Waals surface area contributed by atoms with Crippen molar-refractivity contribution < 1.29 is 23.1 Å². The highest BCUT2D eigenvalue weighted by Crippen LogP contribution is 2.24. The normalized spacial score (nSPS) is 11.1. The van der Waals surface area contributed by atoms with Gasteiger partial charge in [-0.15, -0.1) is 0 Å². The number of ether oxygens (including phenoxy) is 1. The summed E-state index contributed by atoms with van der Waals surface area (Å²) in [4.78, 5) is 11.8. The molecule has 152 valence electrons. The monoisotopic (exact) mass is 406 g/mol. The number of anilines is 1. The minimum absolute atomic E-state index is 0.00632. The smallest absolute Gasteiger partial charge is 0.261 e. The Bertz CT molecular complexity index is 942. The summed E-state index contributed by atoms with van der Waals surface area (Å²) >= 11 is 0. The fourth-order valence-corrected chi connectivity index (χ4v) is 3.61. The summed E-state index contributed by atoms with van der Waals surface area (Å²) < 4.78 is 33.3. The Morgan fingerprint density at radius 3 is 2.43 bits per heavy atom. The van der Waals surface area contributed by atoms with E-state index in [1.54, 1.807) is 19.1 Å². The standard InChI is InChI=1S/C20H26N2O5S/c1-14-5-6-17(11-15(14)2)22-28(25,26)18-7-8-19(16(3)12-18)27-13-20(24)21-9-4-10-23/h5-8,11-12,22-23H,4,9-10,13H2,1-3H3,(H,21,24). The van der Waals surface area contributed by atoms with E-state index in [0.717, 1.165) is 11.1 Å². The number of carbonyl (C=O) groups excluding carboxylic acids is 1. The number of aliphatic hydroxyl groups is 1. The molecule has 3 N–H and O–H groups in total. The number of aliphatic hydroxyl groups excluding tert-OH is 1. The molecule has 2 aromatic rings. The first-order valence-electron chi connectivity index (χ1n) is 8.94. The summed E-state index contributed by atoms with van der Waals surface area (Å²) in [6.07, 6.45) is 0.477. The summed E-state index contributed by atoms with van der Waals surface area (Å²) in [5, 5.41) is 11.3. The summed E-state index contributed by atoms with van der Waals surface area (Å²) in [7, 11) is -3.74. The quantitative estimate of drug-likeness (QED) is 0.554. The van der Waals surface area contributed by atoms with Crippen LogP contribution in [0, 0.1) is 20.8 Å². The van der Waals surface area contributed by atoms with Gasteiger partial charge < -0.3 is 15.2 Å². The zero-order chi connectivity index (χ0) is 20.7. The lowest BCUT2D eigenvalue weighted by Crippen LogP contribution is -2.30. The number of hydrogen-bond acceptors (Lipinski definition) is 5. The van der Waals surface area contributed by atoms with Crippen LogP contribution in [-0.4, -0.2) is 39.2 Å². The molecule has 0 fully saturated rings. The van der Waals surface area contributed by atoms with Gasteiger partial charge in [-0.2, -0.15) is 0 Å². The molecule has 0 saturated heterocycles. The molecule has 0 heterocycles. The molecule has 2 aromatic carbocycles. The lowest BCUT2D eigenvalue weighted by atomic mass is 10.1. The molecule has 0 spiro atoms. The van der Waals surface area contributed by atoms with Crippen LogP contribution in [0.25, 0.3) is 0 Å². The number of carbonyl (C=O) groups is 1. The first-order valence-corrected chi connectivity index (χ1v) is 10.4. The minimum atomic E-state index is -3.74. The first-order chi connectivity index (χ1) is 13.2. The van der Waals surface area contributed by atoms with Crippen LogP contribution in [0.1, 0.15) is 23.1 Å². The Labute approximate surface area is 165 Å². The van der Waals surface area contributed by atoms with Crippen molar-refractivity contribution in [1.29, 1.82) is 0 Å². The Morgan fingerprint density at radius 1 is 1.04 bits per heavy atom. The zero-order valence-corrected chi connectivity index (χ0v) is 17.1. The second-order valence-electron chi connectivity index (χ2n) is 6.55. The molecule has 28 heavy (non-hydrogen) atoms. The van der Waals surface area contributed by atoms with Gasteiger partial charge in [0, 0.05) is 18.8 Å². The van der Waals surface area contributed by atoms with E-state index in [2.05, 4.69) is 10.0 Å². The van der Waals surface area contributed by atoms with Crippen molar-refractivity contribution in [2.75, 3.05) is 24.5 Å². The highest BCUT2D eigenvalue weighted by Gasteiger charge is 2.16. The fraction of sp³-hybridized carbons (Fsp3) is 0.350. The molecular weight excluding hydrogens is 380 g/mol. The molecule has 2 rings (SSSR count). The molecular formula is C20H26N2O5S. The maximum atomic E-state index is 12.6. The number of amides is 1. The molecule has 0 radical (unpaired) electrons. The molecule has 0 aliphatic rings. The Balaban J connectivity index is 2.05. The second-order valence-corrected chi connectivity index (χ2v) is 8.23. The number of benzene rings is 2. The van der Waals surface area contributed by atoms with E-state index < -0.39 is 10.0 Å². The topological polar surface area (TPSA) is 105 Å².